The summed E-state index contributed by atoms with van der Waals surface area (Å²) < 4.78 is 27.4. The maximum atomic E-state index is 13.2. The lowest BCUT2D eigenvalue weighted by Crippen LogP contribution is -2.59. The van der Waals surface area contributed by atoms with Gasteiger partial charge in [0.25, 0.3) is 0 Å². The first-order chi connectivity index (χ1) is 15.2. The van der Waals surface area contributed by atoms with E-state index in [4.69, 9.17) is 23.7 Å². The smallest absolute Gasteiger partial charge is 0.410 e. The van der Waals surface area contributed by atoms with Gasteiger partial charge in [-0.1, -0.05) is 38.7 Å². The van der Waals surface area contributed by atoms with Crippen LogP contribution in [0.5, 0.6) is 0 Å². The predicted molar refractivity (Wildman–Crippen MR) is 120 cm³/mol. The summed E-state index contributed by atoms with van der Waals surface area (Å²) in [4.78, 5) is 14.8. The number of aliphatic hydroxyl groups excluding tert-OH is 2. The van der Waals surface area contributed by atoms with Crippen molar-refractivity contribution in [1.29, 1.82) is 0 Å². The highest BCUT2D eigenvalue weighted by molar-refractivity contribution is 5.69. The van der Waals surface area contributed by atoms with Crippen molar-refractivity contribution in [2.75, 3.05) is 41.0 Å². The molecule has 0 fully saturated rings. The molecule has 32 heavy (non-hydrogen) atoms. The Morgan fingerprint density at radius 3 is 2.16 bits per heavy atom. The lowest BCUT2D eigenvalue weighted by Gasteiger charge is -2.43. The zero-order valence-electron chi connectivity index (χ0n) is 20.5. The molecule has 0 aromatic carbocycles. The Bertz CT molecular complexity index is 563. The van der Waals surface area contributed by atoms with Gasteiger partial charge in [0.15, 0.2) is 0 Å². The fraction of sp³-hybridized carbons (Fsp3) is 0.870. The van der Waals surface area contributed by atoms with E-state index < -0.39 is 36.0 Å². The molecule has 0 saturated carbocycles. The van der Waals surface area contributed by atoms with Gasteiger partial charge >= 0.3 is 6.09 Å². The van der Waals surface area contributed by atoms with Crippen molar-refractivity contribution in [2.24, 2.45) is 0 Å². The monoisotopic (exact) mass is 461 g/mol. The van der Waals surface area contributed by atoms with Gasteiger partial charge in [-0.25, -0.2) is 4.79 Å². The zero-order valence-corrected chi connectivity index (χ0v) is 20.5. The number of carbonyl (C=O) groups is 1. The fourth-order valence-corrected chi connectivity index (χ4v) is 3.65. The van der Waals surface area contributed by atoms with Crippen molar-refractivity contribution >= 4 is 6.09 Å². The van der Waals surface area contributed by atoms with Crippen LogP contribution in [-0.2, 0) is 23.7 Å². The van der Waals surface area contributed by atoms with E-state index in [0.29, 0.717) is 12.1 Å². The van der Waals surface area contributed by atoms with Gasteiger partial charge in [-0.2, -0.15) is 0 Å². The first-order valence-corrected chi connectivity index (χ1v) is 11.4. The zero-order chi connectivity index (χ0) is 24.1. The summed E-state index contributed by atoms with van der Waals surface area (Å²) >= 11 is 0. The van der Waals surface area contributed by atoms with Gasteiger partial charge in [-0.15, -0.1) is 0 Å². The Morgan fingerprint density at radius 2 is 1.62 bits per heavy atom. The van der Waals surface area contributed by atoms with Crippen LogP contribution in [0, 0.1) is 0 Å². The molecule has 2 N–H and O–H groups in total. The van der Waals surface area contributed by atoms with E-state index in [1.54, 1.807) is 11.0 Å². The average Bonchev–Trinajstić information content (AvgIpc) is 2.73. The van der Waals surface area contributed by atoms with Crippen LogP contribution in [0.25, 0.3) is 0 Å². The molecule has 0 heterocycles. The molecule has 0 bridgehead atoms. The van der Waals surface area contributed by atoms with Crippen LogP contribution in [-0.4, -0.2) is 92.1 Å². The second kappa shape index (κ2) is 14.8. The van der Waals surface area contributed by atoms with E-state index in [1.807, 2.05) is 20.8 Å². The SMILES string of the molecule is CCCCCCCN(C(=O)OC(C)(C)C)[C@@H]1C=C(CO)[C@H](O)[C@H](OCOC)C1OCOC. The third-order valence-corrected chi connectivity index (χ3v) is 5.17. The van der Waals surface area contributed by atoms with E-state index in [1.165, 1.54) is 14.2 Å². The number of aliphatic hydroxyl groups is 2. The minimum absolute atomic E-state index is 0.0539. The Hall–Kier alpha value is -1.23. The Morgan fingerprint density at radius 1 is 1.03 bits per heavy atom. The van der Waals surface area contributed by atoms with Gasteiger partial charge in [0.2, 0.25) is 0 Å². The highest BCUT2D eigenvalue weighted by Gasteiger charge is 2.45. The normalized spacial score (nSPS) is 23.7. The van der Waals surface area contributed by atoms with Gasteiger partial charge in [-0.05, 0) is 32.8 Å². The molecule has 0 radical (unpaired) electrons. The number of rotatable bonds is 14. The molecule has 9 heteroatoms. The minimum Gasteiger partial charge on any atom is -0.444 e. The second-order valence-electron chi connectivity index (χ2n) is 9.00. The van der Waals surface area contributed by atoms with Gasteiger partial charge in [0, 0.05) is 20.8 Å². The molecule has 0 saturated heterocycles. The molecule has 1 aliphatic carbocycles. The standard InChI is InChI=1S/C23H43NO8/c1-7-8-9-10-11-12-24(22(27)32-23(2,3)4)18-13-17(14-25)19(26)21(31-16-29-6)20(18)30-15-28-5/h13,18-21,25-26H,7-12,14-16H2,1-6H3/t18-,19+,20?,21+/m1/s1. The Kier molecular flexibility index (Phi) is 13.3. The molecule has 0 aliphatic heterocycles. The van der Waals surface area contributed by atoms with E-state index in [0.717, 1.165) is 32.1 Å². The summed E-state index contributed by atoms with van der Waals surface area (Å²) in [5.41, 5.74) is -0.322. The van der Waals surface area contributed by atoms with Crippen LogP contribution in [0.4, 0.5) is 4.79 Å². The average molecular weight is 462 g/mol. The molecule has 1 amide bonds. The number of hydrogen-bond acceptors (Lipinski definition) is 8. The molecule has 0 aromatic heterocycles. The molecular weight excluding hydrogens is 418 g/mol. The second-order valence-corrected chi connectivity index (χ2v) is 9.00. The van der Waals surface area contributed by atoms with E-state index in [2.05, 4.69) is 6.92 Å². The summed E-state index contributed by atoms with van der Waals surface area (Å²) in [6, 6.07) is -0.626. The van der Waals surface area contributed by atoms with Crippen LogP contribution in [0.1, 0.15) is 59.8 Å². The molecule has 1 aliphatic rings. The number of ether oxygens (including phenoxy) is 5. The van der Waals surface area contributed by atoms with E-state index in [9.17, 15) is 15.0 Å². The third-order valence-electron chi connectivity index (χ3n) is 5.17. The van der Waals surface area contributed by atoms with Crippen LogP contribution in [0.3, 0.4) is 0 Å². The number of methoxy groups -OCH3 is 2. The summed E-state index contributed by atoms with van der Waals surface area (Å²) in [6.07, 6.45) is 3.58. The molecule has 188 valence electrons. The fourth-order valence-electron chi connectivity index (χ4n) is 3.65. The van der Waals surface area contributed by atoms with Crippen molar-refractivity contribution < 1.29 is 38.7 Å². The van der Waals surface area contributed by atoms with E-state index >= 15 is 0 Å². The van der Waals surface area contributed by atoms with Gasteiger partial charge in [0.1, 0.15) is 37.5 Å². The van der Waals surface area contributed by atoms with Crippen molar-refractivity contribution in [2.45, 2.75) is 89.8 Å². The lowest BCUT2D eigenvalue weighted by molar-refractivity contribution is -0.195. The number of hydrogen-bond donors (Lipinski definition) is 2. The number of amides is 1. The third kappa shape index (κ3) is 9.33. The van der Waals surface area contributed by atoms with Crippen molar-refractivity contribution in [3.05, 3.63) is 11.6 Å². The minimum atomic E-state index is -1.11. The number of unbranched alkanes of at least 4 members (excludes halogenated alkanes) is 4. The molecule has 9 nitrogen and oxygen atoms in total. The van der Waals surface area contributed by atoms with E-state index in [-0.39, 0.29) is 20.2 Å². The highest BCUT2D eigenvalue weighted by Crippen LogP contribution is 2.30. The molecular formula is C23H43NO8. The molecule has 4 atom stereocenters. The van der Waals surface area contributed by atoms with Crippen molar-refractivity contribution in [1.82, 2.24) is 4.90 Å². The summed E-state index contributed by atoms with van der Waals surface area (Å²) in [5.74, 6) is 0. The van der Waals surface area contributed by atoms with Gasteiger partial charge in [-0.3, -0.25) is 4.90 Å². The maximum absolute atomic E-state index is 13.2. The van der Waals surface area contributed by atoms with Gasteiger partial charge < -0.3 is 33.9 Å². The van der Waals surface area contributed by atoms with Crippen LogP contribution >= 0.6 is 0 Å². The first-order valence-electron chi connectivity index (χ1n) is 11.4. The highest BCUT2D eigenvalue weighted by atomic mass is 16.7. The quantitative estimate of drug-likeness (QED) is 0.231. The number of nitrogens with zero attached hydrogens (tertiary/aromatic N) is 1. The van der Waals surface area contributed by atoms with Crippen molar-refractivity contribution in [3.63, 3.8) is 0 Å². The Balaban J connectivity index is 3.26. The van der Waals surface area contributed by atoms with Crippen LogP contribution in [0.2, 0.25) is 0 Å². The molecule has 1 unspecified atom stereocenters. The van der Waals surface area contributed by atoms with Crippen LogP contribution < -0.4 is 0 Å². The predicted octanol–water partition coefficient (Wildman–Crippen LogP) is 2.83. The first kappa shape index (κ1) is 28.8. The Labute approximate surface area is 192 Å². The largest absolute Gasteiger partial charge is 0.444 e. The lowest BCUT2D eigenvalue weighted by atomic mass is 9.87. The maximum Gasteiger partial charge on any atom is 0.410 e. The summed E-state index contributed by atoms with van der Waals surface area (Å²) in [5, 5.41) is 20.6. The molecule has 0 aromatic rings. The van der Waals surface area contributed by atoms with Crippen LogP contribution in [0.15, 0.2) is 11.6 Å². The number of carbonyl (C=O) groups excluding carboxylic acids is 1. The summed E-state index contributed by atoms with van der Waals surface area (Å²) in [6.45, 7) is 7.53. The van der Waals surface area contributed by atoms with Gasteiger partial charge in [0.05, 0.1) is 12.6 Å². The summed E-state index contributed by atoms with van der Waals surface area (Å²) in [7, 11) is 2.97. The topological polar surface area (TPSA) is 107 Å². The molecule has 1 rings (SSSR count). The van der Waals surface area contributed by atoms with Crippen molar-refractivity contribution in [3.8, 4) is 0 Å². The molecule has 0 spiro atoms.